The van der Waals surface area contributed by atoms with Crippen molar-refractivity contribution in [3.8, 4) is 5.75 Å². The van der Waals surface area contributed by atoms with E-state index < -0.39 is 0 Å². The number of aromatic hydroxyl groups is 1. The summed E-state index contributed by atoms with van der Waals surface area (Å²) in [6, 6.07) is 8.71. The van der Waals surface area contributed by atoms with Crippen molar-refractivity contribution in [3.05, 3.63) is 30.3 Å². The Kier molecular flexibility index (Phi) is 13.3. The number of para-hydroxylation sites is 1. The molecular weight excluding hydrogens is 177 g/mol. The highest BCUT2D eigenvalue weighted by molar-refractivity contribution is 5.75. The van der Waals surface area contributed by atoms with Crippen molar-refractivity contribution < 1.29 is 5.11 Å². The standard InChI is InChI=1S/C6H6O.C4H11N.Al.3H/c7-6-4-2-1-3-5-6;1-3-5-4-2;;;;/h1-5,7H;5H,3-4H2,1-2H3;;;;. The lowest BCUT2D eigenvalue weighted by atomic mass is 10.3. The molecule has 0 bridgehead atoms. The van der Waals surface area contributed by atoms with E-state index in [0.29, 0.717) is 5.75 Å². The van der Waals surface area contributed by atoms with Gasteiger partial charge in [-0.2, -0.15) is 0 Å². The maximum Gasteiger partial charge on any atom is 0.187 e. The van der Waals surface area contributed by atoms with Gasteiger partial charge >= 0.3 is 0 Å². The average Bonchev–Trinajstić information content (AvgIpc) is 2.08. The highest BCUT2D eigenvalue weighted by Crippen LogP contribution is 2.02. The lowest BCUT2D eigenvalue weighted by Gasteiger charge is -1.86. The quantitative estimate of drug-likeness (QED) is 0.688. The van der Waals surface area contributed by atoms with Crippen LogP contribution >= 0.6 is 0 Å². The predicted octanol–water partition coefficient (Wildman–Crippen LogP) is 0.824. The number of phenols is 1. The van der Waals surface area contributed by atoms with Crippen LogP contribution in [0.4, 0.5) is 0 Å². The smallest absolute Gasteiger partial charge is 0.187 e. The molecule has 0 saturated heterocycles. The van der Waals surface area contributed by atoms with Gasteiger partial charge in [-0.25, -0.2) is 0 Å². The minimum Gasteiger partial charge on any atom is -0.508 e. The van der Waals surface area contributed by atoms with E-state index in [0.717, 1.165) is 13.1 Å². The van der Waals surface area contributed by atoms with Crippen molar-refractivity contribution in [1.82, 2.24) is 5.32 Å². The maximum atomic E-state index is 8.63. The first-order valence-corrected chi connectivity index (χ1v) is 4.26. The van der Waals surface area contributed by atoms with Crippen LogP contribution in [0.3, 0.4) is 0 Å². The molecule has 0 aliphatic rings. The van der Waals surface area contributed by atoms with Crippen molar-refractivity contribution >= 4 is 17.4 Å². The van der Waals surface area contributed by atoms with Crippen LogP contribution < -0.4 is 5.32 Å². The van der Waals surface area contributed by atoms with Gasteiger partial charge < -0.3 is 10.4 Å². The van der Waals surface area contributed by atoms with Crippen LogP contribution in [0.1, 0.15) is 13.8 Å². The Morgan fingerprint density at radius 1 is 1.08 bits per heavy atom. The van der Waals surface area contributed by atoms with Crippen LogP contribution in [0.25, 0.3) is 0 Å². The molecule has 74 valence electrons. The van der Waals surface area contributed by atoms with Gasteiger partial charge in [-0.1, -0.05) is 32.0 Å². The molecule has 2 N–H and O–H groups in total. The number of rotatable bonds is 2. The summed E-state index contributed by atoms with van der Waals surface area (Å²) in [5.74, 6) is 0.322. The Hall–Kier alpha value is -0.488. The Balaban J connectivity index is 0. The second-order valence-corrected chi connectivity index (χ2v) is 2.29. The van der Waals surface area contributed by atoms with Gasteiger partial charge in [0.2, 0.25) is 0 Å². The molecule has 0 aliphatic heterocycles. The monoisotopic (exact) mass is 197 g/mol. The van der Waals surface area contributed by atoms with E-state index in [1.165, 1.54) is 0 Å². The maximum absolute atomic E-state index is 8.63. The number of nitrogens with one attached hydrogen (secondary N) is 1. The van der Waals surface area contributed by atoms with E-state index in [9.17, 15) is 0 Å². The fourth-order valence-corrected chi connectivity index (χ4v) is 0.678. The summed E-state index contributed by atoms with van der Waals surface area (Å²) in [4.78, 5) is 0. The minimum absolute atomic E-state index is 0. The third kappa shape index (κ3) is 11.5. The number of phenolic OH excluding ortho intramolecular Hbond substituents is 1. The Bertz CT molecular complexity index is 178. The van der Waals surface area contributed by atoms with Crippen molar-refractivity contribution in [2.24, 2.45) is 0 Å². The summed E-state index contributed by atoms with van der Waals surface area (Å²) >= 11 is 0. The van der Waals surface area contributed by atoms with Crippen molar-refractivity contribution in [1.29, 1.82) is 0 Å². The fourth-order valence-electron chi connectivity index (χ4n) is 0.678. The van der Waals surface area contributed by atoms with E-state index in [4.69, 9.17) is 5.11 Å². The van der Waals surface area contributed by atoms with Gasteiger partial charge in [0.1, 0.15) is 5.75 Å². The van der Waals surface area contributed by atoms with Crippen LogP contribution in [0.5, 0.6) is 5.75 Å². The molecule has 0 radical (unpaired) electrons. The molecular formula is C10H20AlNO. The molecule has 0 fully saturated rings. The van der Waals surface area contributed by atoms with Gasteiger partial charge in [0.15, 0.2) is 17.4 Å². The van der Waals surface area contributed by atoms with Crippen LogP contribution in [0.2, 0.25) is 0 Å². The summed E-state index contributed by atoms with van der Waals surface area (Å²) in [5, 5.41) is 11.7. The molecule has 2 nitrogen and oxygen atoms in total. The summed E-state index contributed by atoms with van der Waals surface area (Å²) in [6.07, 6.45) is 0. The minimum atomic E-state index is 0. The number of hydrogen-bond donors (Lipinski definition) is 2. The van der Waals surface area contributed by atoms with E-state index in [1.54, 1.807) is 24.3 Å². The molecule has 1 rings (SSSR count). The van der Waals surface area contributed by atoms with Gasteiger partial charge in [-0.05, 0) is 25.2 Å². The normalized spacial score (nSPS) is 7.85. The highest BCUT2D eigenvalue weighted by Gasteiger charge is 1.74. The van der Waals surface area contributed by atoms with Crippen molar-refractivity contribution in [3.63, 3.8) is 0 Å². The van der Waals surface area contributed by atoms with Crippen LogP contribution in [-0.2, 0) is 0 Å². The predicted molar refractivity (Wildman–Crippen MR) is 62.3 cm³/mol. The first kappa shape index (κ1) is 15.0. The first-order valence-electron chi connectivity index (χ1n) is 4.26. The van der Waals surface area contributed by atoms with Gasteiger partial charge in [0.25, 0.3) is 0 Å². The van der Waals surface area contributed by atoms with Crippen molar-refractivity contribution in [2.45, 2.75) is 13.8 Å². The van der Waals surface area contributed by atoms with Crippen LogP contribution in [0, 0.1) is 0 Å². The van der Waals surface area contributed by atoms with Crippen molar-refractivity contribution in [2.75, 3.05) is 13.1 Å². The zero-order valence-corrected chi connectivity index (χ0v) is 7.75. The molecule has 1 aromatic rings. The summed E-state index contributed by atoms with van der Waals surface area (Å²) in [5.41, 5.74) is 0. The average molecular weight is 197 g/mol. The zero-order valence-electron chi connectivity index (χ0n) is 7.75. The SMILES string of the molecule is CCNCC.Oc1ccccc1.[AlH3]. The second-order valence-electron chi connectivity index (χ2n) is 2.29. The highest BCUT2D eigenvalue weighted by atomic mass is 27.0. The lowest BCUT2D eigenvalue weighted by molar-refractivity contribution is 0.475. The molecule has 0 atom stereocenters. The van der Waals surface area contributed by atoms with E-state index >= 15 is 0 Å². The van der Waals surface area contributed by atoms with Crippen LogP contribution in [0.15, 0.2) is 30.3 Å². The topological polar surface area (TPSA) is 32.3 Å². The number of benzene rings is 1. The van der Waals surface area contributed by atoms with E-state index in [2.05, 4.69) is 19.2 Å². The fraction of sp³-hybridized carbons (Fsp3) is 0.400. The largest absolute Gasteiger partial charge is 0.508 e. The summed E-state index contributed by atoms with van der Waals surface area (Å²) in [6.45, 7) is 6.39. The molecule has 3 heteroatoms. The zero-order chi connectivity index (χ0) is 9.23. The third-order valence-electron chi connectivity index (χ3n) is 1.26. The summed E-state index contributed by atoms with van der Waals surface area (Å²) < 4.78 is 0. The van der Waals surface area contributed by atoms with E-state index in [1.807, 2.05) is 6.07 Å². The Morgan fingerprint density at radius 2 is 1.54 bits per heavy atom. The summed E-state index contributed by atoms with van der Waals surface area (Å²) in [7, 11) is 0. The Labute approximate surface area is 91.1 Å². The molecule has 0 heterocycles. The molecule has 0 aliphatic carbocycles. The molecule has 1 aromatic carbocycles. The molecule has 0 unspecified atom stereocenters. The third-order valence-corrected chi connectivity index (χ3v) is 1.26. The van der Waals surface area contributed by atoms with Gasteiger partial charge in [-0.3, -0.25) is 0 Å². The van der Waals surface area contributed by atoms with E-state index in [-0.39, 0.29) is 17.4 Å². The molecule has 0 aromatic heterocycles. The lowest BCUT2D eigenvalue weighted by Crippen LogP contribution is -2.09. The molecule has 0 amide bonds. The first-order chi connectivity index (χ1) is 5.81. The number of hydrogen-bond acceptors (Lipinski definition) is 2. The van der Waals surface area contributed by atoms with Gasteiger partial charge in [0.05, 0.1) is 0 Å². The van der Waals surface area contributed by atoms with Gasteiger partial charge in [-0.15, -0.1) is 0 Å². The van der Waals surface area contributed by atoms with Crippen LogP contribution in [-0.4, -0.2) is 35.6 Å². The second kappa shape index (κ2) is 11.5. The molecule has 0 saturated carbocycles. The Morgan fingerprint density at radius 3 is 1.69 bits per heavy atom. The molecule has 0 spiro atoms. The van der Waals surface area contributed by atoms with Gasteiger partial charge in [0, 0.05) is 0 Å². The molecule has 13 heavy (non-hydrogen) atoms.